The summed E-state index contributed by atoms with van der Waals surface area (Å²) in [5, 5.41) is 13.8. The number of fused-ring (bicyclic) bond motifs is 3. The van der Waals surface area contributed by atoms with E-state index in [9.17, 15) is 10.1 Å². The second kappa shape index (κ2) is 6.97. The van der Waals surface area contributed by atoms with E-state index < -0.39 is 0 Å². The fourth-order valence-corrected chi connectivity index (χ4v) is 3.23. The molecule has 2 atom stereocenters. The number of nitriles is 1. The molecule has 0 bridgehead atoms. The number of carbonyl (C=O) groups is 1. The summed E-state index contributed by atoms with van der Waals surface area (Å²) >= 11 is 0. The molecule has 0 radical (unpaired) electrons. The summed E-state index contributed by atoms with van der Waals surface area (Å²) in [6, 6.07) is 0.0604. The molecule has 0 amide bonds. The maximum atomic E-state index is 12.1. The normalized spacial score (nSPS) is 22.0. The third-order valence-electron chi connectivity index (χ3n) is 4.17. The molecule has 0 saturated carbocycles. The Kier molecular flexibility index (Phi) is 5.25. The molecule has 22 heavy (non-hydrogen) atoms. The lowest BCUT2D eigenvalue weighted by Gasteiger charge is -2.27. The molecule has 7 heteroatoms. The lowest BCUT2D eigenvalue weighted by atomic mass is 9.37. The third kappa shape index (κ3) is 2.63. The molecule has 118 valence electrons. The van der Waals surface area contributed by atoms with Crippen molar-refractivity contribution < 1.29 is 14.3 Å². The summed E-state index contributed by atoms with van der Waals surface area (Å²) in [6.07, 6.45) is 0.538. The van der Waals surface area contributed by atoms with Crippen LogP contribution in [0, 0.1) is 18.2 Å². The van der Waals surface area contributed by atoms with Crippen molar-refractivity contribution in [2.24, 2.45) is 0 Å². The zero-order valence-corrected chi connectivity index (χ0v) is 13.6. The van der Waals surface area contributed by atoms with E-state index >= 15 is 0 Å². The second-order valence-corrected chi connectivity index (χ2v) is 5.28. The number of hydrogen-bond donors (Lipinski definition) is 0. The van der Waals surface area contributed by atoms with Crippen molar-refractivity contribution in [3.8, 4) is 5.97 Å². The van der Waals surface area contributed by atoms with Crippen LogP contribution in [0.5, 0.6) is 0 Å². The van der Waals surface area contributed by atoms with Gasteiger partial charge in [0.2, 0.25) is 0 Å². The number of rotatable bonds is 2. The Labute approximate surface area is 131 Å². The first-order valence-corrected chi connectivity index (χ1v) is 7.89. The Balaban J connectivity index is 0.000000847. The summed E-state index contributed by atoms with van der Waals surface area (Å²) in [5.74, 6) is 2.17. The highest BCUT2D eigenvalue weighted by molar-refractivity contribution is 6.68. The van der Waals surface area contributed by atoms with Crippen molar-refractivity contribution in [1.82, 2.24) is 9.78 Å². The van der Waals surface area contributed by atoms with Gasteiger partial charge in [0, 0.05) is 24.1 Å². The Hall–Kier alpha value is -1.81. The van der Waals surface area contributed by atoms with Crippen LogP contribution in [0.4, 0.5) is 0 Å². The summed E-state index contributed by atoms with van der Waals surface area (Å²) in [5.41, 5.74) is 2.01. The van der Waals surface area contributed by atoms with Gasteiger partial charge < -0.3 is 9.47 Å². The number of nitrogens with zero attached hydrogens (tertiary/aromatic N) is 3. The lowest BCUT2D eigenvalue weighted by Crippen LogP contribution is -2.37. The topological polar surface area (TPSA) is 77.1 Å². The van der Waals surface area contributed by atoms with E-state index in [4.69, 9.17) is 9.47 Å². The second-order valence-electron chi connectivity index (χ2n) is 5.28. The lowest BCUT2D eigenvalue weighted by molar-refractivity contribution is 0.0524. The fourth-order valence-electron chi connectivity index (χ4n) is 3.23. The predicted octanol–water partition coefficient (Wildman–Crippen LogP) is 1.99. The Morgan fingerprint density at radius 2 is 2.27 bits per heavy atom. The highest BCUT2D eigenvalue weighted by Gasteiger charge is 2.46. The minimum Gasteiger partial charge on any atom is -0.462 e. The molecule has 1 saturated heterocycles. The SMILES string of the molecule is CC.CCOC(=O)c1c(C)nn2c1CB(C#N)C1COCC12. The summed E-state index contributed by atoms with van der Waals surface area (Å²) in [4.78, 5) is 12.1. The maximum absolute atomic E-state index is 12.1. The van der Waals surface area contributed by atoms with E-state index in [0.29, 0.717) is 37.4 Å². The van der Waals surface area contributed by atoms with Crippen LogP contribution >= 0.6 is 0 Å². The largest absolute Gasteiger partial charge is 0.462 e. The van der Waals surface area contributed by atoms with Crippen LogP contribution < -0.4 is 0 Å². The molecule has 2 unspecified atom stereocenters. The van der Waals surface area contributed by atoms with Crippen molar-refractivity contribution >= 4 is 12.7 Å². The van der Waals surface area contributed by atoms with Crippen LogP contribution in [-0.2, 0) is 15.8 Å². The minimum atomic E-state index is -0.347. The number of aryl methyl sites for hydroxylation is 1. The molecule has 0 aliphatic carbocycles. The molecule has 2 aliphatic rings. The van der Waals surface area contributed by atoms with Crippen LogP contribution in [0.1, 0.15) is 48.6 Å². The molecule has 0 spiro atoms. The Morgan fingerprint density at radius 1 is 1.55 bits per heavy atom. The fraction of sp³-hybridized carbons (Fsp3) is 0.667. The van der Waals surface area contributed by atoms with Crippen LogP contribution in [0.15, 0.2) is 0 Å². The molecule has 3 rings (SSSR count). The molecule has 3 heterocycles. The molecule has 6 nitrogen and oxygen atoms in total. The van der Waals surface area contributed by atoms with Gasteiger partial charge in [0.15, 0.2) is 0 Å². The average Bonchev–Trinajstić information content (AvgIpc) is 3.12. The van der Waals surface area contributed by atoms with Gasteiger partial charge in [0.25, 0.3) is 6.71 Å². The Morgan fingerprint density at radius 3 is 2.91 bits per heavy atom. The molecular weight excluding hydrogens is 281 g/mol. The molecule has 1 aromatic rings. The number of esters is 1. The smallest absolute Gasteiger partial charge is 0.341 e. The van der Waals surface area contributed by atoms with Gasteiger partial charge in [-0.2, -0.15) is 5.10 Å². The Bertz CT molecular complexity index is 594. The highest BCUT2D eigenvalue weighted by Crippen LogP contribution is 2.40. The van der Waals surface area contributed by atoms with Crippen LogP contribution in [0.25, 0.3) is 0 Å². The molecule has 0 aromatic carbocycles. The van der Waals surface area contributed by atoms with Gasteiger partial charge in [0.1, 0.15) is 5.56 Å². The van der Waals surface area contributed by atoms with Crippen molar-refractivity contribution in [3.63, 3.8) is 0 Å². The molecule has 0 N–H and O–H groups in total. The van der Waals surface area contributed by atoms with Crippen molar-refractivity contribution in [2.75, 3.05) is 19.8 Å². The first-order chi connectivity index (χ1) is 10.7. The van der Waals surface area contributed by atoms with Crippen molar-refractivity contribution in [2.45, 2.75) is 45.9 Å². The van der Waals surface area contributed by atoms with E-state index in [1.54, 1.807) is 6.92 Å². The average molecular weight is 303 g/mol. The van der Waals surface area contributed by atoms with E-state index in [0.717, 1.165) is 5.69 Å². The van der Waals surface area contributed by atoms with E-state index in [-0.39, 0.29) is 24.5 Å². The maximum Gasteiger partial charge on any atom is 0.341 e. The predicted molar refractivity (Wildman–Crippen MR) is 82.9 cm³/mol. The van der Waals surface area contributed by atoms with Gasteiger partial charge >= 0.3 is 5.97 Å². The monoisotopic (exact) mass is 303 g/mol. The van der Waals surface area contributed by atoms with Crippen LogP contribution in [-0.4, -0.2) is 42.3 Å². The van der Waals surface area contributed by atoms with Crippen LogP contribution in [0.2, 0.25) is 5.82 Å². The third-order valence-corrected chi connectivity index (χ3v) is 4.17. The summed E-state index contributed by atoms with van der Waals surface area (Å²) < 4.78 is 12.5. The number of ether oxygens (including phenoxy) is 2. The van der Waals surface area contributed by atoms with Gasteiger partial charge in [-0.15, -0.1) is 0 Å². The number of carbonyl (C=O) groups excluding carboxylic acids is 1. The standard InChI is InChI=1S/C13H16BN3O3.C2H6/c1-3-20-13(18)12-8(2)16-17-10(12)4-14(7-15)9-5-19-6-11(9)17;1-2/h9,11H,3-6H2,1-2H3;1-2H3. The molecule has 1 fully saturated rings. The van der Waals surface area contributed by atoms with Crippen molar-refractivity contribution in [3.05, 3.63) is 17.0 Å². The van der Waals surface area contributed by atoms with Crippen molar-refractivity contribution in [1.29, 1.82) is 5.26 Å². The summed E-state index contributed by atoms with van der Waals surface area (Å²) in [6.45, 7) is 8.94. The zero-order chi connectivity index (χ0) is 16.3. The van der Waals surface area contributed by atoms with E-state index in [1.807, 2.05) is 25.5 Å². The van der Waals surface area contributed by atoms with E-state index in [1.165, 1.54) is 0 Å². The van der Waals surface area contributed by atoms with Gasteiger partial charge in [-0.25, -0.2) is 10.1 Å². The first-order valence-electron chi connectivity index (χ1n) is 7.89. The number of hydrogen-bond acceptors (Lipinski definition) is 5. The quantitative estimate of drug-likeness (QED) is 0.617. The van der Waals surface area contributed by atoms with Gasteiger partial charge in [-0.1, -0.05) is 13.8 Å². The van der Waals surface area contributed by atoms with Crippen LogP contribution in [0.3, 0.4) is 0 Å². The van der Waals surface area contributed by atoms with Gasteiger partial charge in [0.05, 0.1) is 24.9 Å². The van der Waals surface area contributed by atoms with Gasteiger partial charge in [-0.05, 0) is 20.2 Å². The molecule has 2 aliphatic heterocycles. The number of aromatic nitrogens is 2. The molecular formula is C15H22BN3O3. The highest BCUT2D eigenvalue weighted by atomic mass is 16.5. The molecule has 1 aromatic heterocycles. The summed E-state index contributed by atoms with van der Waals surface area (Å²) in [7, 11) is 0. The van der Waals surface area contributed by atoms with E-state index in [2.05, 4.69) is 11.1 Å². The minimum absolute atomic E-state index is 0.0604. The zero-order valence-electron chi connectivity index (χ0n) is 13.6. The van der Waals surface area contributed by atoms with Gasteiger partial charge in [-0.3, -0.25) is 4.68 Å². The first kappa shape index (κ1) is 16.6.